The second-order valence-electron chi connectivity index (χ2n) is 14.1. The molecule has 2 aromatic heterocycles. The van der Waals surface area contributed by atoms with Crippen LogP contribution >= 0.6 is 0 Å². The minimum absolute atomic E-state index is 0.691. The highest BCUT2D eigenvalue weighted by atomic mass is 15.1. The summed E-state index contributed by atoms with van der Waals surface area (Å²) in [6, 6.07) is 71.6. The van der Waals surface area contributed by atoms with Crippen molar-refractivity contribution < 1.29 is 0 Å². The Morgan fingerprint density at radius 2 is 0.836 bits per heavy atom. The van der Waals surface area contributed by atoms with Crippen molar-refractivity contribution in [3.05, 3.63) is 200 Å². The van der Waals surface area contributed by atoms with Gasteiger partial charge in [0, 0.05) is 33.5 Å². The third-order valence-electron chi connectivity index (χ3n) is 11.0. The Balaban J connectivity index is 1.19. The third kappa shape index (κ3) is 5.05. The first-order valence-electron chi connectivity index (χ1n) is 18.8. The maximum absolute atomic E-state index is 5.33. The highest BCUT2D eigenvalue weighted by Crippen LogP contribution is 2.43. The second-order valence-corrected chi connectivity index (χ2v) is 14.1. The van der Waals surface area contributed by atoms with Crippen molar-refractivity contribution in [3.8, 4) is 50.7 Å². The number of benzene rings is 9. The van der Waals surface area contributed by atoms with Gasteiger partial charge in [-0.3, -0.25) is 4.57 Å². The lowest BCUT2D eigenvalue weighted by molar-refractivity contribution is 1.05. The average Bonchev–Trinajstić information content (AvgIpc) is 3.61. The largest absolute Gasteiger partial charge is 0.293 e. The summed E-state index contributed by atoms with van der Waals surface area (Å²) in [5, 5.41) is 10.0. The number of nitrogens with zero attached hydrogens (tertiary/aromatic N) is 3. The van der Waals surface area contributed by atoms with E-state index in [0.717, 1.165) is 39.2 Å². The topological polar surface area (TPSA) is 30.7 Å². The van der Waals surface area contributed by atoms with Crippen LogP contribution in [0.25, 0.3) is 105 Å². The fourth-order valence-corrected chi connectivity index (χ4v) is 8.54. The first-order chi connectivity index (χ1) is 27.3. The van der Waals surface area contributed by atoms with Crippen molar-refractivity contribution >= 4 is 54.1 Å². The molecule has 0 radical (unpaired) electrons. The van der Waals surface area contributed by atoms with Crippen molar-refractivity contribution in [2.45, 2.75) is 0 Å². The summed E-state index contributed by atoms with van der Waals surface area (Å²) < 4.78 is 2.34. The molecular formula is C52H33N3. The minimum Gasteiger partial charge on any atom is -0.293 e. The number of aromatic nitrogens is 3. The fourth-order valence-electron chi connectivity index (χ4n) is 8.54. The van der Waals surface area contributed by atoms with E-state index >= 15 is 0 Å². The van der Waals surface area contributed by atoms with Gasteiger partial charge in [0.2, 0.25) is 0 Å². The molecule has 2 heterocycles. The Labute approximate surface area is 318 Å². The normalized spacial score (nSPS) is 11.6. The molecule has 3 heteroatoms. The van der Waals surface area contributed by atoms with Crippen molar-refractivity contribution in [1.29, 1.82) is 0 Å². The van der Waals surface area contributed by atoms with Crippen LogP contribution in [0.5, 0.6) is 0 Å². The lowest BCUT2D eigenvalue weighted by Crippen LogP contribution is -2.03. The Bertz CT molecular complexity index is 3160. The molecule has 0 atom stereocenters. The lowest BCUT2D eigenvalue weighted by atomic mass is 9.89. The number of fused-ring (bicyclic) bond motifs is 9. The summed E-state index contributed by atoms with van der Waals surface area (Å²) in [6.07, 6.45) is 0. The monoisotopic (exact) mass is 699 g/mol. The molecule has 0 aliphatic rings. The molecule has 0 fully saturated rings. The van der Waals surface area contributed by atoms with Crippen LogP contribution in [0.4, 0.5) is 0 Å². The zero-order valence-electron chi connectivity index (χ0n) is 29.9. The van der Waals surface area contributed by atoms with Crippen LogP contribution in [-0.2, 0) is 0 Å². The second kappa shape index (κ2) is 12.6. The van der Waals surface area contributed by atoms with Crippen molar-refractivity contribution in [2.75, 3.05) is 0 Å². The Morgan fingerprint density at radius 3 is 1.55 bits per heavy atom. The first-order valence-corrected chi connectivity index (χ1v) is 18.8. The number of hydrogen-bond donors (Lipinski definition) is 0. The van der Waals surface area contributed by atoms with Gasteiger partial charge in [0.05, 0.1) is 16.7 Å². The van der Waals surface area contributed by atoms with E-state index in [2.05, 4.69) is 180 Å². The van der Waals surface area contributed by atoms with Gasteiger partial charge in [0.15, 0.2) is 5.82 Å². The summed E-state index contributed by atoms with van der Waals surface area (Å²) in [6.45, 7) is 0. The number of hydrogen-bond acceptors (Lipinski definition) is 2. The predicted octanol–water partition coefficient (Wildman–Crippen LogP) is 13.7. The van der Waals surface area contributed by atoms with E-state index in [0.29, 0.717) is 5.82 Å². The van der Waals surface area contributed by atoms with E-state index in [9.17, 15) is 0 Å². The van der Waals surface area contributed by atoms with Crippen LogP contribution in [0.2, 0.25) is 0 Å². The maximum atomic E-state index is 5.33. The number of rotatable bonds is 5. The summed E-state index contributed by atoms with van der Waals surface area (Å²) in [7, 11) is 0. The van der Waals surface area contributed by atoms with Crippen molar-refractivity contribution in [3.63, 3.8) is 0 Å². The van der Waals surface area contributed by atoms with E-state index in [1.165, 1.54) is 59.8 Å². The highest BCUT2D eigenvalue weighted by molar-refractivity contribution is 6.26. The van der Waals surface area contributed by atoms with Crippen LogP contribution in [0.1, 0.15) is 0 Å². The molecule has 55 heavy (non-hydrogen) atoms. The van der Waals surface area contributed by atoms with Crippen LogP contribution in [0.3, 0.4) is 0 Å². The molecular weight excluding hydrogens is 667 g/mol. The molecule has 0 unspecified atom stereocenters. The molecule has 11 aromatic rings. The van der Waals surface area contributed by atoms with Crippen LogP contribution in [0, 0.1) is 0 Å². The van der Waals surface area contributed by atoms with E-state index in [-0.39, 0.29) is 0 Å². The molecule has 0 saturated carbocycles. The molecule has 11 rings (SSSR count). The summed E-state index contributed by atoms with van der Waals surface area (Å²) in [5.74, 6) is 1.52. The van der Waals surface area contributed by atoms with Gasteiger partial charge in [-0.25, -0.2) is 9.97 Å². The van der Waals surface area contributed by atoms with Crippen LogP contribution in [-0.4, -0.2) is 14.5 Å². The van der Waals surface area contributed by atoms with Gasteiger partial charge in [-0.05, 0) is 61.1 Å². The molecule has 0 N–H and O–H groups in total. The highest BCUT2D eigenvalue weighted by Gasteiger charge is 2.21. The molecule has 9 aromatic carbocycles. The molecule has 256 valence electrons. The van der Waals surface area contributed by atoms with Crippen LogP contribution < -0.4 is 0 Å². The molecule has 3 nitrogen and oxygen atoms in total. The van der Waals surface area contributed by atoms with Gasteiger partial charge < -0.3 is 0 Å². The quantitative estimate of drug-likeness (QED) is 0.167. The summed E-state index contributed by atoms with van der Waals surface area (Å²) >= 11 is 0. The standard InChI is InChI=1S/C52H33N3/c1-3-16-34(17-4-1)48-33-50(54-52(53-48)35-18-5-2-6-19-35)55-49-29-14-13-26-44(49)46-28-15-27-45(51(46)55)38-21-8-7-20-37(38)36-30-31-43-41-24-10-9-22-39(41)40-23-11-12-25-42(40)47(43)32-36/h1-33H. The van der Waals surface area contributed by atoms with Crippen molar-refractivity contribution in [1.82, 2.24) is 14.5 Å². The van der Waals surface area contributed by atoms with Gasteiger partial charge in [0.1, 0.15) is 5.82 Å². The van der Waals surface area contributed by atoms with E-state index in [4.69, 9.17) is 9.97 Å². The molecule has 0 aliphatic carbocycles. The van der Waals surface area contributed by atoms with E-state index in [1.807, 2.05) is 24.3 Å². The molecule has 0 amide bonds. The van der Waals surface area contributed by atoms with Gasteiger partial charge in [0.25, 0.3) is 0 Å². The Hall–Kier alpha value is -7.36. The van der Waals surface area contributed by atoms with Crippen LogP contribution in [0.15, 0.2) is 200 Å². The predicted molar refractivity (Wildman–Crippen MR) is 231 cm³/mol. The molecule has 0 bridgehead atoms. The van der Waals surface area contributed by atoms with Gasteiger partial charge in [-0.2, -0.15) is 0 Å². The minimum atomic E-state index is 0.691. The average molecular weight is 700 g/mol. The van der Waals surface area contributed by atoms with Crippen molar-refractivity contribution in [2.24, 2.45) is 0 Å². The van der Waals surface area contributed by atoms with E-state index in [1.54, 1.807) is 0 Å². The first kappa shape index (κ1) is 31.2. The van der Waals surface area contributed by atoms with E-state index < -0.39 is 0 Å². The smallest absolute Gasteiger partial charge is 0.162 e. The molecule has 0 aliphatic heterocycles. The molecule has 0 spiro atoms. The Morgan fingerprint density at radius 1 is 0.309 bits per heavy atom. The molecule has 0 saturated heterocycles. The fraction of sp³-hybridized carbons (Fsp3) is 0. The number of para-hydroxylation sites is 2. The van der Waals surface area contributed by atoms with Gasteiger partial charge in [-0.15, -0.1) is 0 Å². The lowest BCUT2D eigenvalue weighted by Gasteiger charge is -2.16. The Kier molecular flexibility index (Phi) is 7.17. The SMILES string of the molecule is c1ccc(-c2cc(-n3c4ccccc4c4cccc(-c5ccccc5-c5ccc6c7ccccc7c7ccccc7c6c5)c43)nc(-c3ccccc3)n2)cc1. The zero-order valence-corrected chi connectivity index (χ0v) is 29.9. The summed E-state index contributed by atoms with van der Waals surface area (Å²) in [5.41, 5.74) is 9.80. The zero-order chi connectivity index (χ0) is 36.3. The summed E-state index contributed by atoms with van der Waals surface area (Å²) in [4.78, 5) is 10.4. The third-order valence-corrected chi connectivity index (χ3v) is 11.0. The van der Waals surface area contributed by atoms with Gasteiger partial charge >= 0.3 is 0 Å². The maximum Gasteiger partial charge on any atom is 0.162 e. The van der Waals surface area contributed by atoms with Gasteiger partial charge in [-0.1, -0.05) is 182 Å².